The van der Waals surface area contributed by atoms with Gasteiger partial charge in [0.05, 0.1) is 12.2 Å². The fourth-order valence-corrected chi connectivity index (χ4v) is 3.28. The molecule has 3 aromatic rings. The second-order valence-corrected chi connectivity index (χ2v) is 6.68. The van der Waals surface area contributed by atoms with Crippen LogP contribution in [0.3, 0.4) is 0 Å². The summed E-state index contributed by atoms with van der Waals surface area (Å²) in [7, 11) is 0. The Balaban J connectivity index is 1.45. The van der Waals surface area contributed by atoms with E-state index in [0.717, 1.165) is 29.2 Å². The standard InChI is InChI=1S/C16H15N5O2S/c1-9-13(24-16(19-9)11-3-2-6-17-7-11)15(22)18-8-12-20-14(21-23-12)10-4-5-10/h2-3,6-7,10H,4-5,8H2,1H3,(H,18,22). The number of carbonyl (C=O) groups is 1. The van der Waals surface area contributed by atoms with E-state index in [1.807, 2.05) is 19.1 Å². The van der Waals surface area contributed by atoms with Crippen LogP contribution in [0.4, 0.5) is 0 Å². The largest absolute Gasteiger partial charge is 0.342 e. The molecule has 1 aliphatic rings. The first-order valence-electron chi connectivity index (χ1n) is 7.69. The number of aromatic nitrogens is 4. The molecule has 0 aliphatic heterocycles. The molecule has 0 spiro atoms. The molecule has 122 valence electrons. The molecule has 1 amide bonds. The lowest BCUT2D eigenvalue weighted by atomic mass is 10.3. The van der Waals surface area contributed by atoms with Gasteiger partial charge in [0, 0.05) is 23.9 Å². The fraction of sp³-hybridized carbons (Fsp3) is 0.312. The Bertz CT molecular complexity index is 870. The van der Waals surface area contributed by atoms with Gasteiger partial charge in [-0.1, -0.05) is 5.16 Å². The topological polar surface area (TPSA) is 93.8 Å². The maximum atomic E-state index is 12.4. The molecule has 0 radical (unpaired) electrons. The van der Waals surface area contributed by atoms with Gasteiger partial charge in [-0.25, -0.2) is 4.98 Å². The smallest absolute Gasteiger partial charge is 0.263 e. The molecule has 3 heterocycles. The van der Waals surface area contributed by atoms with Crippen LogP contribution in [0, 0.1) is 6.92 Å². The molecule has 24 heavy (non-hydrogen) atoms. The zero-order valence-corrected chi connectivity index (χ0v) is 13.8. The van der Waals surface area contributed by atoms with E-state index in [-0.39, 0.29) is 12.5 Å². The monoisotopic (exact) mass is 341 g/mol. The first-order chi connectivity index (χ1) is 11.7. The van der Waals surface area contributed by atoms with Gasteiger partial charge in [-0.05, 0) is 31.9 Å². The van der Waals surface area contributed by atoms with Gasteiger partial charge in [0.15, 0.2) is 5.82 Å². The average Bonchev–Trinajstić information content (AvgIpc) is 3.22. The third kappa shape index (κ3) is 3.05. The van der Waals surface area contributed by atoms with Crippen molar-refractivity contribution in [1.82, 2.24) is 25.4 Å². The summed E-state index contributed by atoms with van der Waals surface area (Å²) in [6, 6.07) is 3.77. The summed E-state index contributed by atoms with van der Waals surface area (Å²) in [6.07, 6.45) is 5.67. The Morgan fingerprint density at radius 3 is 3.04 bits per heavy atom. The summed E-state index contributed by atoms with van der Waals surface area (Å²) in [5.41, 5.74) is 1.59. The van der Waals surface area contributed by atoms with E-state index in [0.29, 0.717) is 22.4 Å². The highest BCUT2D eigenvalue weighted by molar-refractivity contribution is 7.17. The minimum absolute atomic E-state index is 0.189. The third-order valence-electron chi connectivity index (χ3n) is 3.74. The van der Waals surface area contributed by atoms with E-state index in [4.69, 9.17) is 4.52 Å². The number of hydrogen-bond donors (Lipinski definition) is 1. The number of hydrogen-bond acceptors (Lipinski definition) is 7. The second-order valence-electron chi connectivity index (χ2n) is 5.68. The van der Waals surface area contributed by atoms with Gasteiger partial charge < -0.3 is 9.84 Å². The molecule has 4 rings (SSSR count). The van der Waals surface area contributed by atoms with Gasteiger partial charge in [0.2, 0.25) is 5.89 Å². The normalized spacial score (nSPS) is 13.9. The lowest BCUT2D eigenvalue weighted by Crippen LogP contribution is -2.22. The minimum atomic E-state index is -0.189. The number of thiazole rings is 1. The molecule has 3 aromatic heterocycles. The SMILES string of the molecule is Cc1nc(-c2cccnc2)sc1C(=O)NCc1nc(C2CC2)no1. The molecule has 1 saturated carbocycles. The highest BCUT2D eigenvalue weighted by Gasteiger charge is 2.28. The van der Waals surface area contributed by atoms with E-state index in [1.165, 1.54) is 11.3 Å². The van der Waals surface area contributed by atoms with Gasteiger partial charge in [0.25, 0.3) is 5.91 Å². The molecule has 1 fully saturated rings. The first kappa shape index (κ1) is 14.9. The number of nitrogens with one attached hydrogen (secondary N) is 1. The van der Waals surface area contributed by atoms with Crippen molar-refractivity contribution in [2.45, 2.75) is 32.2 Å². The number of pyridine rings is 1. The Labute approximate surface area is 142 Å². The minimum Gasteiger partial charge on any atom is -0.342 e. The number of rotatable bonds is 5. The van der Waals surface area contributed by atoms with Crippen molar-refractivity contribution in [2.24, 2.45) is 0 Å². The molecule has 0 unspecified atom stereocenters. The van der Waals surface area contributed by atoms with Crippen LogP contribution >= 0.6 is 11.3 Å². The summed E-state index contributed by atoms with van der Waals surface area (Å²) in [5.74, 6) is 1.42. The third-order valence-corrected chi connectivity index (χ3v) is 4.94. The lowest BCUT2D eigenvalue weighted by Gasteiger charge is -1.99. The van der Waals surface area contributed by atoms with Crippen LogP contribution in [0.5, 0.6) is 0 Å². The summed E-state index contributed by atoms with van der Waals surface area (Å²) in [5, 5.41) is 7.53. The Morgan fingerprint density at radius 2 is 2.29 bits per heavy atom. The summed E-state index contributed by atoms with van der Waals surface area (Å²) in [4.78, 5) is 25.8. The molecule has 0 bridgehead atoms. The average molecular weight is 341 g/mol. The van der Waals surface area contributed by atoms with Crippen LogP contribution in [-0.4, -0.2) is 26.0 Å². The molecule has 0 atom stereocenters. The first-order valence-corrected chi connectivity index (χ1v) is 8.51. The second kappa shape index (κ2) is 6.12. The van der Waals surface area contributed by atoms with E-state index in [9.17, 15) is 4.79 Å². The number of amides is 1. The Hall–Kier alpha value is -2.61. The quantitative estimate of drug-likeness (QED) is 0.767. The summed E-state index contributed by atoms with van der Waals surface area (Å²) < 4.78 is 5.16. The van der Waals surface area contributed by atoms with E-state index in [1.54, 1.807) is 12.4 Å². The molecular formula is C16H15N5O2S. The van der Waals surface area contributed by atoms with E-state index < -0.39 is 0 Å². The van der Waals surface area contributed by atoms with Crippen LogP contribution in [0.25, 0.3) is 10.6 Å². The molecule has 7 nitrogen and oxygen atoms in total. The molecule has 1 aliphatic carbocycles. The maximum absolute atomic E-state index is 12.4. The Kier molecular flexibility index (Phi) is 3.81. The van der Waals surface area contributed by atoms with Gasteiger partial charge in [-0.3, -0.25) is 9.78 Å². The van der Waals surface area contributed by atoms with Crippen molar-refractivity contribution in [3.8, 4) is 10.6 Å². The highest BCUT2D eigenvalue weighted by atomic mass is 32.1. The predicted octanol–water partition coefficient (Wildman–Crippen LogP) is 2.70. The van der Waals surface area contributed by atoms with Gasteiger partial charge in [0.1, 0.15) is 9.88 Å². The molecular weight excluding hydrogens is 326 g/mol. The highest BCUT2D eigenvalue weighted by Crippen LogP contribution is 2.38. The van der Waals surface area contributed by atoms with Gasteiger partial charge >= 0.3 is 0 Å². The number of aryl methyl sites for hydroxylation is 1. The lowest BCUT2D eigenvalue weighted by molar-refractivity contribution is 0.0949. The van der Waals surface area contributed by atoms with Crippen molar-refractivity contribution in [1.29, 1.82) is 0 Å². The molecule has 1 N–H and O–H groups in total. The van der Waals surface area contributed by atoms with E-state index >= 15 is 0 Å². The van der Waals surface area contributed by atoms with Crippen molar-refractivity contribution < 1.29 is 9.32 Å². The van der Waals surface area contributed by atoms with Crippen LogP contribution in [-0.2, 0) is 6.54 Å². The van der Waals surface area contributed by atoms with E-state index in [2.05, 4.69) is 25.4 Å². The van der Waals surface area contributed by atoms with Crippen molar-refractivity contribution in [2.75, 3.05) is 0 Å². The number of nitrogens with zero attached hydrogens (tertiary/aromatic N) is 4. The van der Waals surface area contributed by atoms with Gasteiger partial charge in [-0.15, -0.1) is 11.3 Å². The maximum Gasteiger partial charge on any atom is 0.263 e. The van der Waals surface area contributed by atoms with Crippen molar-refractivity contribution in [3.05, 3.63) is 46.8 Å². The van der Waals surface area contributed by atoms with Crippen molar-refractivity contribution >= 4 is 17.2 Å². The van der Waals surface area contributed by atoms with Crippen LogP contribution in [0.1, 0.15) is 45.8 Å². The molecule has 0 aromatic carbocycles. The summed E-state index contributed by atoms with van der Waals surface area (Å²) in [6.45, 7) is 2.04. The molecule has 0 saturated heterocycles. The fourth-order valence-electron chi connectivity index (χ4n) is 2.30. The summed E-state index contributed by atoms with van der Waals surface area (Å²) >= 11 is 1.35. The van der Waals surface area contributed by atoms with Crippen LogP contribution < -0.4 is 5.32 Å². The zero-order valence-electron chi connectivity index (χ0n) is 13.0. The Morgan fingerprint density at radius 1 is 1.42 bits per heavy atom. The molecule has 8 heteroatoms. The van der Waals surface area contributed by atoms with Gasteiger partial charge in [-0.2, -0.15) is 4.98 Å². The van der Waals surface area contributed by atoms with Crippen molar-refractivity contribution in [3.63, 3.8) is 0 Å². The zero-order chi connectivity index (χ0) is 16.5. The predicted molar refractivity (Wildman–Crippen MR) is 87.5 cm³/mol. The van der Waals surface area contributed by atoms with Crippen LogP contribution in [0.15, 0.2) is 29.0 Å². The number of carbonyl (C=O) groups excluding carboxylic acids is 1. The van der Waals surface area contributed by atoms with Crippen LogP contribution in [0.2, 0.25) is 0 Å².